The predicted octanol–water partition coefficient (Wildman–Crippen LogP) is 3.79. The topological polar surface area (TPSA) is 58.6 Å². The number of ether oxygens (including phenoxy) is 1. The Hall–Kier alpha value is -2.09. The molecule has 26 heavy (non-hydrogen) atoms. The lowest BCUT2D eigenvalue weighted by atomic mass is 9.95. The van der Waals surface area contributed by atoms with Crippen molar-refractivity contribution in [3.8, 4) is 5.75 Å². The van der Waals surface area contributed by atoms with E-state index in [1.165, 1.54) is 0 Å². The molecule has 2 amide bonds. The molecule has 1 N–H and O–H groups in total. The Labute approximate surface area is 166 Å². The van der Waals surface area contributed by atoms with Crippen LogP contribution < -0.4 is 10.1 Å². The summed E-state index contributed by atoms with van der Waals surface area (Å²) in [6.45, 7) is 1.17. The van der Waals surface area contributed by atoms with Crippen LogP contribution >= 0.6 is 22.6 Å². The summed E-state index contributed by atoms with van der Waals surface area (Å²) in [6.07, 6.45) is 1.35. The second kappa shape index (κ2) is 8.53. The first-order valence-electron chi connectivity index (χ1n) is 8.56. The molecule has 1 aliphatic heterocycles. The van der Waals surface area contributed by atoms with Crippen LogP contribution in [0.3, 0.4) is 0 Å². The van der Waals surface area contributed by atoms with Crippen LogP contribution in [0.25, 0.3) is 0 Å². The molecule has 1 aliphatic rings. The predicted molar refractivity (Wildman–Crippen MR) is 109 cm³/mol. The highest BCUT2D eigenvalue weighted by Crippen LogP contribution is 2.22. The van der Waals surface area contributed by atoms with Crippen LogP contribution in [-0.4, -0.2) is 36.9 Å². The number of halogens is 1. The molecule has 0 radical (unpaired) electrons. The molecule has 2 aromatic carbocycles. The van der Waals surface area contributed by atoms with Crippen molar-refractivity contribution >= 4 is 40.1 Å². The summed E-state index contributed by atoms with van der Waals surface area (Å²) < 4.78 is 6.31. The first kappa shape index (κ1) is 18.7. The third-order valence-corrected chi connectivity index (χ3v) is 5.30. The number of carbonyl (C=O) groups is 2. The molecule has 1 fully saturated rings. The quantitative estimate of drug-likeness (QED) is 0.701. The minimum absolute atomic E-state index is 0.0135. The number of carbonyl (C=O) groups excluding carboxylic acids is 2. The maximum Gasteiger partial charge on any atom is 0.253 e. The first-order valence-corrected chi connectivity index (χ1v) is 9.64. The van der Waals surface area contributed by atoms with E-state index in [2.05, 4.69) is 27.9 Å². The highest BCUT2D eigenvalue weighted by atomic mass is 127. The Morgan fingerprint density at radius 3 is 2.46 bits per heavy atom. The fourth-order valence-corrected chi connectivity index (χ4v) is 3.42. The number of likely N-dealkylation sites (tertiary alicyclic amines) is 1. The zero-order valence-corrected chi connectivity index (χ0v) is 16.7. The molecular formula is C20H21IN2O3. The fraction of sp³-hybridized carbons (Fsp3) is 0.300. The lowest BCUT2D eigenvalue weighted by Gasteiger charge is -2.31. The number of nitrogens with one attached hydrogen (secondary N) is 1. The van der Waals surface area contributed by atoms with Crippen LogP contribution in [0.2, 0.25) is 0 Å². The molecule has 136 valence electrons. The maximum absolute atomic E-state index is 12.6. The van der Waals surface area contributed by atoms with Crippen LogP contribution in [0, 0.1) is 9.49 Å². The smallest absolute Gasteiger partial charge is 0.253 e. The molecule has 0 spiro atoms. The van der Waals surface area contributed by atoms with Crippen LogP contribution in [0.4, 0.5) is 5.69 Å². The molecule has 3 rings (SSSR count). The summed E-state index contributed by atoms with van der Waals surface area (Å²) in [5, 5.41) is 2.97. The molecule has 1 saturated heterocycles. The largest absolute Gasteiger partial charge is 0.497 e. The number of anilines is 1. The van der Waals surface area contributed by atoms with Crippen molar-refractivity contribution in [1.29, 1.82) is 0 Å². The molecular weight excluding hydrogens is 443 g/mol. The van der Waals surface area contributed by atoms with Crippen molar-refractivity contribution in [3.05, 3.63) is 57.7 Å². The Balaban J connectivity index is 1.55. The first-order chi connectivity index (χ1) is 12.6. The van der Waals surface area contributed by atoms with Gasteiger partial charge in [-0.05, 0) is 77.9 Å². The van der Waals surface area contributed by atoms with Gasteiger partial charge in [-0.3, -0.25) is 9.59 Å². The van der Waals surface area contributed by atoms with Crippen LogP contribution in [0.15, 0.2) is 48.5 Å². The average Bonchev–Trinajstić information content (AvgIpc) is 2.69. The standard InChI is InChI=1S/C20H21IN2O3/c1-26-18-4-2-3-15(13-18)20(25)23-11-9-14(10-12-23)19(24)22-17-7-5-16(21)6-8-17/h2-8,13-14H,9-12H2,1H3,(H,22,24). The van der Waals surface area contributed by atoms with Crippen molar-refractivity contribution in [3.63, 3.8) is 0 Å². The maximum atomic E-state index is 12.6. The molecule has 0 bridgehead atoms. The van der Waals surface area contributed by atoms with E-state index in [-0.39, 0.29) is 17.7 Å². The van der Waals surface area contributed by atoms with E-state index in [0.29, 0.717) is 37.2 Å². The summed E-state index contributed by atoms with van der Waals surface area (Å²) in [4.78, 5) is 26.9. The molecule has 1 heterocycles. The molecule has 2 aromatic rings. The molecule has 5 nitrogen and oxygen atoms in total. The van der Waals surface area contributed by atoms with Crippen molar-refractivity contribution in [2.75, 3.05) is 25.5 Å². The number of rotatable bonds is 4. The van der Waals surface area contributed by atoms with Gasteiger partial charge in [0, 0.05) is 33.8 Å². The second-order valence-electron chi connectivity index (χ2n) is 6.29. The van der Waals surface area contributed by atoms with Gasteiger partial charge in [-0.1, -0.05) is 6.07 Å². The van der Waals surface area contributed by atoms with E-state index in [1.807, 2.05) is 41.3 Å². The van der Waals surface area contributed by atoms with Gasteiger partial charge in [0.2, 0.25) is 5.91 Å². The van der Waals surface area contributed by atoms with Crippen LogP contribution in [0.5, 0.6) is 5.75 Å². The van der Waals surface area contributed by atoms with E-state index in [1.54, 1.807) is 19.2 Å². The van der Waals surface area contributed by atoms with E-state index in [0.717, 1.165) is 9.26 Å². The normalized spacial score (nSPS) is 14.8. The molecule has 0 unspecified atom stereocenters. The molecule has 6 heteroatoms. The second-order valence-corrected chi connectivity index (χ2v) is 7.54. The third-order valence-electron chi connectivity index (χ3n) is 4.58. The number of amides is 2. The minimum atomic E-state index is -0.0661. The van der Waals surface area contributed by atoms with E-state index in [4.69, 9.17) is 4.74 Å². The number of benzene rings is 2. The van der Waals surface area contributed by atoms with Gasteiger partial charge in [-0.25, -0.2) is 0 Å². The number of nitrogens with zero attached hydrogens (tertiary/aromatic N) is 1. The van der Waals surface area contributed by atoms with E-state index >= 15 is 0 Å². The monoisotopic (exact) mass is 464 g/mol. The van der Waals surface area contributed by atoms with Gasteiger partial charge in [-0.2, -0.15) is 0 Å². The van der Waals surface area contributed by atoms with Gasteiger partial charge >= 0.3 is 0 Å². The Bertz CT molecular complexity index is 784. The average molecular weight is 464 g/mol. The zero-order valence-electron chi connectivity index (χ0n) is 14.6. The van der Waals surface area contributed by atoms with Crippen LogP contribution in [0.1, 0.15) is 23.2 Å². The molecule has 0 aliphatic carbocycles. The summed E-state index contributed by atoms with van der Waals surface area (Å²) in [6, 6.07) is 14.9. The Morgan fingerprint density at radius 2 is 1.81 bits per heavy atom. The van der Waals surface area contributed by atoms with Crippen LogP contribution in [-0.2, 0) is 4.79 Å². The Morgan fingerprint density at radius 1 is 1.12 bits per heavy atom. The van der Waals surface area contributed by atoms with Gasteiger partial charge in [0.15, 0.2) is 0 Å². The summed E-state index contributed by atoms with van der Waals surface area (Å²) >= 11 is 2.23. The molecule has 0 aromatic heterocycles. The van der Waals surface area contributed by atoms with Crippen molar-refractivity contribution < 1.29 is 14.3 Å². The van der Waals surface area contributed by atoms with Gasteiger partial charge in [0.1, 0.15) is 5.75 Å². The summed E-state index contributed by atoms with van der Waals surface area (Å²) in [5.41, 5.74) is 1.43. The highest BCUT2D eigenvalue weighted by Gasteiger charge is 2.28. The number of piperidine rings is 1. The molecule has 0 saturated carbocycles. The highest BCUT2D eigenvalue weighted by molar-refractivity contribution is 14.1. The summed E-state index contributed by atoms with van der Waals surface area (Å²) in [5.74, 6) is 0.617. The van der Waals surface area contributed by atoms with Gasteiger partial charge in [0.05, 0.1) is 7.11 Å². The van der Waals surface area contributed by atoms with Gasteiger partial charge in [0.25, 0.3) is 5.91 Å². The van der Waals surface area contributed by atoms with Gasteiger partial charge in [-0.15, -0.1) is 0 Å². The lowest BCUT2D eigenvalue weighted by molar-refractivity contribution is -0.121. The van der Waals surface area contributed by atoms with Gasteiger partial charge < -0.3 is 15.0 Å². The van der Waals surface area contributed by atoms with Crippen molar-refractivity contribution in [2.45, 2.75) is 12.8 Å². The number of methoxy groups -OCH3 is 1. The van der Waals surface area contributed by atoms with E-state index in [9.17, 15) is 9.59 Å². The van der Waals surface area contributed by atoms with E-state index < -0.39 is 0 Å². The number of hydrogen-bond donors (Lipinski definition) is 1. The lowest BCUT2D eigenvalue weighted by Crippen LogP contribution is -2.41. The Kier molecular flexibility index (Phi) is 6.13. The van der Waals surface area contributed by atoms with Crippen molar-refractivity contribution in [2.24, 2.45) is 5.92 Å². The third kappa shape index (κ3) is 4.55. The van der Waals surface area contributed by atoms with Crippen molar-refractivity contribution in [1.82, 2.24) is 4.90 Å². The SMILES string of the molecule is COc1cccc(C(=O)N2CCC(C(=O)Nc3ccc(I)cc3)CC2)c1. The minimum Gasteiger partial charge on any atom is -0.497 e. The summed E-state index contributed by atoms with van der Waals surface area (Å²) in [7, 11) is 1.58. The fourth-order valence-electron chi connectivity index (χ4n) is 3.06. The number of hydrogen-bond acceptors (Lipinski definition) is 3. The zero-order chi connectivity index (χ0) is 18.5. The molecule has 0 atom stereocenters.